The van der Waals surface area contributed by atoms with Gasteiger partial charge in [0.05, 0.1) is 0 Å². The summed E-state index contributed by atoms with van der Waals surface area (Å²) in [5.41, 5.74) is 9.11. The molecule has 1 aliphatic carbocycles. The summed E-state index contributed by atoms with van der Waals surface area (Å²) in [5, 5.41) is 2.94. The summed E-state index contributed by atoms with van der Waals surface area (Å²) < 4.78 is 0. The van der Waals surface area contributed by atoms with Gasteiger partial charge in [-0.1, -0.05) is 26.0 Å². The molecule has 0 aromatic heterocycles. The van der Waals surface area contributed by atoms with Gasteiger partial charge < -0.3 is 11.1 Å². The maximum absolute atomic E-state index is 12.4. The minimum Gasteiger partial charge on any atom is -0.352 e. The van der Waals surface area contributed by atoms with Crippen molar-refractivity contribution < 1.29 is 9.59 Å². The maximum Gasteiger partial charge on any atom is 0.220 e. The van der Waals surface area contributed by atoms with Crippen molar-refractivity contribution in [1.82, 2.24) is 5.32 Å². The molecule has 0 heterocycles. The lowest BCUT2D eigenvalue weighted by Crippen LogP contribution is -2.41. The molecule has 0 fully saturated rings. The lowest BCUT2D eigenvalue weighted by atomic mass is 9.89. The van der Waals surface area contributed by atoms with Crippen molar-refractivity contribution >= 4 is 24.1 Å². The molecule has 1 unspecified atom stereocenters. The Labute approximate surface area is 157 Å². The molecule has 0 aliphatic heterocycles. The first kappa shape index (κ1) is 21.7. The highest BCUT2D eigenvalue weighted by Gasteiger charge is 2.16. The Morgan fingerprint density at radius 3 is 2.44 bits per heavy atom. The SMILES string of the molecule is CC(C)CC(CN)NC(=O)CCC(=O)c1ccc2c(c1)CCCC2.Cl. The van der Waals surface area contributed by atoms with E-state index in [-0.39, 0.29) is 43.0 Å². The topological polar surface area (TPSA) is 72.2 Å². The van der Waals surface area contributed by atoms with Gasteiger partial charge in [-0.15, -0.1) is 12.4 Å². The van der Waals surface area contributed by atoms with Crippen molar-refractivity contribution in [1.29, 1.82) is 0 Å². The van der Waals surface area contributed by atoms with E-state index in [0.717, 1.165) is 24.8 Å². The van der Waals surface area contributed by atoms with Crippen LogP contribution < -0.4 is 11.1 Å². The number of fused-ring (bicyclic) bond motifs is 1. The van der Waals surface area contributed by atoms with E-state index in [1.807, 2.05) is 12.1 Å². The molecule has 5 heteroatoms. The fourth-order valence-electron chi connectivity index (χ4n) is 3.36. The van der Waals surface area contributed by atoms with E-state index >= 15 is 0 Å². The van der Waals surface area contributed by atoms with Crippen LogP contribution in [0.4, 0.5) is 0 Å². The standard InChI is InChI=1S/C20H30N2O2.ClH/c1-14(2)11-18(13-21)22-20(24)10-9-19(23)17-8-7-15-5-3-4-6-16(15)12-17;/h7-8,12,14,18H,3-6,9-11,13,21H2,1-2H3,(H,22,24);1H. The number of Topliss-reactive ketones (excluding diaryl/α,β-unsaturated/α-hetero) is 1. The highest BCUT2D eigenvalue weighted by molar-refractivity contribution is 5.98. The number of halogens is 1. The van der Waals surface area contributed by atoms with E-state index in [1.165, 1.54) is 24.0 Å². The van der Waals surface area contributed by atoms with E-state index in [2.05, 4.69) is 25.2 Å². The molecule has 25 heavy (non-hydrogen) atoms. The highest BCUT2D eigenvalue weighted by atomic mass is 35.5. The van der Waals surface area contributed by atoms with Gasteiger partial charge in [-0.05, 0) is 55.2 Å². The third-order valence-corrected chi connectivity index (χ3v) is 4.66. The monoisotopic (exact) mass is 366 g/mol. The third-order valence-electron chi connectivity index (χ3n) is 4.66. The molecule has 0 bridgehead atoms. The number of aryl methyl sites for hydroxylation is 2. The number of nitrogens with one attached hydrogen (secondary N) is 1. The Morgan fingerprint density at radius 2 is 1.80 bits per heavy atom. The molecular formula is C20H31ClN2O2. The van der Waals surface area contributed by atoms with Gasteiger partial charge in [0, 0.05) is 31.0 Å². The number of benzene rings is 1. The predicted molar refractivity (Wildman–Crippen MR) is 104 cm³/mol. The van der Waals surface area contributed by atoms with Crippen LogP contribution in [0.3, 0.4) is 0 Å². The zero-order chi connectivity index (χ0) is 17.5. The van der Waals surface area contributed by atoms with Crippen LogP contribution in [0.5, 0.6) is 0 Å². The molecule has 1 atom stereocenters. The fourth-order valence-corrected chi connectivity index (χ4v) is 3.36. The molecule has 0 saturated heterocycles. The van der Waals surface area contributed by atoms with Gasteiger partial charge in [-0.3, -0.25) is 9.59 Å². The molecule has 3 N–H and O–H groups in total. The smallest absolute Gasteiger partial charge is 0.220 e. The first-order chi connectivity index (χ1) is 11.5. The van der Waals surface area contributed by atoms with Gasteiger partial charge in [0.25, 0.3) is 0 Å². The fraction of sp³-hybridized carbons (Fsp3) is 0.600. The van der Waals surface area contributed by atoms with Gasteiger partial charge in [0.2, 0.25) is 5.91 Å². The van der Waals surface area contributed by atoms with Crippen LogP contribution in [0, 0.1) is 5.92 Å². The first-order valence-electron chi connectivity index (χ1n) is 9.14. The molecular weight excluding hydrogens is 336 g/mol. The molecule has 0 radical (unpaired) electrons. The van der Waals surface area contributed by atoms with Crippen molar-refractivity contribution in [3.05, 3.63) is 34.9 Å². The molecule has 0 saturated carbocycles. The quantitative estimate of drug-likeness (QED) is 0.692. The Kier molecular flexibility index (Phi) is 9.15. The molecule has 1 aliphatic rings. The molecule has 1 amide bonds. The van der Waals surface area contributed by atoms with Crippen LogP contribution in [0.2, 0.25) is 0 Å². The van der Waals surface area contributed by atoms with Crippen LogP contribution in [0.1, 0.15) is 67.4 Å². The number of carbonyl (C=O) groups is 2. The average Bonchev–Trinajstić information content (AvgIpc) is 2.58. The molecule has 2 rings (SSSR count). The van der Waals surface area contributed by atoms with Crippen molar-refractivity contribution in [2.24, 2.45) is 11.7 Å². The van der Waals surface area contributed by atoms with Crippen LogP contribution >= 0.6 is 12.4 Å². The molecule has 1 aromatic rings. The van der Waals surface area contributed by atoms with E-state index in [1.54, 1.807) is 0 Å². The number of ketones is 1. The van der Waals surface area contributed by atoms with Gasteiger partial charge in [0.1, 0.15) is 0 Å². The van der Waals surface area contributed by atoms with Crippen LogP contribution in [0.25, 0.3) is 0 Å². The molecule has 140 valence electrons. The van der Waals surface area contributed by atoms with Gasteiger partial charge in [0.15, 0.2) is 5.78 Å². The van der Waals surface area contributed by atoms with Crippen LogP contribution in [0.15, 0.2) is 18.2 Å². The number of rotatable bonds is 8. The van der Waals surface area contributed by atoms with Gasteiger partial charge in [-0.2, -0.15) is 0 Å². The number of hydrogen-bond donors (Lipinski definition) is 2. The minimum absolute atomic E-state index is 0. The molecule has 1 aromatic carbocycles. The van der Waals surface area contributed by atoms with Crippen LogP contribution in [-0.2, 0) is 17.6 Å². The summed E-state index contributed by atoms with van der Waals surface area (Å²) in [6.07, 6.45) is 5.95. The van der Waals surface area contributed by atoms with Gasteiger partial charge >= 0.3 is 0 Å². The highest BCUT2D eigenvalue weighted by Crippen LogP contribution is 2.23. The largest absolute Gasteiger partial charge is 0.352 e. The number of carbonyl (C=O) groups excluding carboxylic acids is 2. The second kappa shape index (κ2) is 10.6. The zero-order valence-electron chi connectivity index (χ0n) is 15.3. The maximum atomic E-state index is 12.4. The Morgan fingerprint density at radius 1 is 1.12 bits per heavy atom. The summed E-state index contributed by atoms with van der Waals surface area (Å²) in [5.74, 6) is 0.445. The Bertz CT molecular complexity index is 587. The second-order valence-corrected chi connectivity index (χ2v) is 7.24. The number of hydrogen-bond acceptors (Lipinski definition) is 3. The zero-order valence-corrected chi connectivity index (χ0v) is 16.2. The van der Waals surface area contributed by atoms with E-state index in [4.69, 9.17) is 5.73 Å². The van der Waals surface area contributed by atoms with Crippen molar-refractivity contribution in [3.8, 4) is 0 Å². The number of nitrogens with two attached hydrogens (primary N) is 1. The predicted octanol–water partition coefficient (Wildman–Crippen LogP) is 3.44. The normalized spacial score (nSPS) is 14.4. The Balaban J connectivity index is 0.00000312. The van der Waals surface area contributed by atoms with Crippen molar-refractivity contribution in [2.45, 2.75) is 64.8 Å². The van der Waals surface area contributed by atoms with E-state index in [0.29, 0.717) is 12.5 Å². The Hall–Kier alpha value is -1.39. The summed E-state index contributed by atoms with van der Waals surface area (Å²) in [4.78, 5) is 24.4. The van der Waals surface area contributed by atoms with E-state index in [9.17, 15) is 9.59 Å². The van der Waals surface area contributed by atoms with Crippen molar-refractivity contribution in [2.75, 3.05) is 6.54 Å². The lowest BCUT2D eigenvalue weighted by Gasteiger charge is -2.19. The second-order valence-electron chi connectivity index (χ2n) is 7.24. The number of amides is 1. The molecule has 0 spiro atoms. The molecule has 4 nitrogen and oxygen atoms in total. The summed E-state index contributed by atoms with van der Waals surface area (Å²) in [6, 6.07) is 6.01. The van der Waals surface area contributed by atoms with E-state index < -0.39 is 0 Å². The summed E-state index contributed by atoms with van der Waals surface area (Å²) in [7, 11) is 0. The minimum atomic E-state index is -0.0857. The van der Waals surface area contributed by atoms with Gasteiger partial charge in [-0.25, -0.2) is 0 Å². The summed E-state index contributed by atoms with van der Waals surface area (Å²) in [6.45, 7) is 4.64. The summed E-state index contributed by atoms with van der Waals surface area (Å²) >= 11 is 0. The average molecular weight is 367 g/mol. The first-order valence-corrected chi connectivity index (χ1v) is 9.14. The van der Waals surface area contributed by atoms with Crippen LogP contribution in [-0.4, -0.2) is 24.3 Å². The third kappa shape index (κ3) is 6.79. The lowest BCUT2D eigenvalue weighted by molar-refractivity contribution is -0.121. The van der Waals surface area contributed by atoms with Crippen molar-refractivity contribution in [3.63, 3.8) is 0 Å².